The van der Waals surface area contributed by atoms with E-state index in [1.807, 2.05) is 19.9 Å². The summed E-state index contributed by atoms with van der Waals surface area (Å²) in [5.41, 5.74) is 0. The van der Waals surface area contributed by atoms with Crippen LogP contribution >= 0.6 is 11.8 Å². The molecule has 1 fully saturated rings. The lowest BCUT2D eigenvalue weighted by atomic mass is 9.88. The van der Waals surface area contributed by atoms with Crippen LogP contribution in [0.4, 0.5) is 5.82 Å². The Kier molecular flexibility index (Phi) is 6.44. The van der Waals surface area contributed by atoms with Crippen molar-refractivity contribution >= 4 is 23.5 Å². The molecule has 1 saturated carbocycles. The van der Waals surface area contributed by atoms with Crippen molar-refractivity contribution in [3.8, 4) is 5.75 Å². The highest BCUT2D eigenvalue weighted by molar-refractivity contribution is 7.99. The number of nitrogens with zero attached hydrogens (tertiary/aromatic N) is 3. The minimum Gasteiger partial charge on any atom is -0.489 e. The smallest absolute Gasteiger partial charge is 0.228 e. The highest BCUT2D eigenvalue weighted by Crippen LogP contribution is 2.35. The average Bonchev–Trinajstić information content (AvgIpc) is 2.64. The second kappa shape index (κ2) is 8.98. The van der Waals surface area contributed by atoms with E-state index >= 15 is 0 Å². The van der Waals surface area contributed by atoms with Gasteiger partial charge in [-0.1, -0.05) is 6.42 Å². The van der Waals surface area contributed by atoms with Gasteiger partial charge in [0.2, 0.25) is 5.91 Å². The van der Waals surface area contributed by atoms with E-state index in [1.165, 1.54) is 0 Å². The molecule has 0 bridgehead atoms. The summed E-state index contributed by atoms with van der Waals surface area (Å²) in [6.07, 6.45) is 10.8. The van der Waals surface area contributed by atoms with Crippen LogP contribution in [0.1, 0.15) is 39.5 Å². The number of ether oxygens (including phenoxy) is 1. The maximum absolute atomic E-state index is 12.6. The highest BCUT2D eigenvalue weighted by Gasteiger charge is 2.28. The van der Waals surface area contributed by atoms with E-state index in [9.17, 15) is 4.79 Å². The molecule has 1 aliphatic rings. The molecule has 0 aliphatic heterocycles. The van der Waals surface area contributed by atoms with Gasteiger partial charge >= 0.3 is 0 Å². The number of rotatable bonds is 6. The van der Waals surface area contributed by atoms with Gasteiger partial charge in [-0.2, -0.15) is 0 Å². The van der Waals surface area contributed by atoms with Crippen LogP contribution in [-0.4, -0.2) is 32.2 Å². The molecule has 2 heterocycles. The lowest BCUT2D eigenvalue weighted by molar-refractivity contribution is -0.120. The SMILES string of the molecule is CC(C)Oc1ccc(NC(=O)C2CCCC(Sc3cnccn3)C2)nc1. The van der Waals surface area contributed by atoms with Crippen LogP contribution in [0.25, 0.3) is 0 Å². The molecular formula is C19H24N4O2S. The summed E-state index contributed by atoms with van der Waals surface area (Å²) < 4.78 is 5.57. The third kappa shape index (κ3) is 5.42. The molecule has 1 N–H and O–H groups in total. The van der Waals surface area contributed by atoms with E-state index in [0.717, 1.165) is 30.7 Å². The van der Waals surface area contributed by atoms with Crippen LogP contribution in [0, 0.1) is 5.92 Å². The first-order chi connectivity index (χ1) is 12.6. The molecule has 0 radical (unpaired) electrons. The maximum Gasteiger partial charge on any atom is 0.228 e. The molecule has 3 rings (SSSR count). The van der Waals surface area contributed by atoms with Crippen LogP contribution in [0.5, 0.6) is 5.75 Å². The predicted octanol–water partition coefficient (Wildman–Crippen LogP) is 3.95. The van der Waals surface area contributed by atoms with Gasteiger partial charge in [-0.05, 0) is 45.2 Å². The Morgan fingerprint density at radius 2 is 2.12 bits per heavy atom. The third-order valence-corrected chi connectivity index (χ3v) is 5.40. The molecule has 1 aliphatic carbocycles. The molecular weight excluding hydrogens is 348 g/mol. The first kappa shape index (κ1) is 18.6. The summed E-state index contributed by atoms with van der Waals surface area (Å²) in [6, 6.07) is 3.61. The molecule has 2 aromatic rings. The normalized spacial score (nSPS) is 20.0. The molecule has 6 nitrogen and oxygen atoms in total. The Labute approximate surface area is 158 Å². The number of hydrogen-bond donors (Lipinski definition) is 1. The molecule has 138 valence electrons. The van der Waals surface area contributed by atoms with Crippen LogP contribution in [-0.2, 0) is 4.79 Å². The van der Waals surface area contributed by atoms with Crippen molar-refractivity contribution in [2.75, 3.05) is 5.32 Å². The fraction of sp³-hybridized carbons (Fsp3) is 0.474. The van der Waals surface area contributed by atoms with Crippen LogP contribution in [0.15, 0.2) is 41.9 Å². The summed E-state index contributed by atoms with van der Waals surface area (Å²) in [6.45, 7) is 3.93. The van der Waals surface area contributed by atoms with Gasteiger partial charge in [-0.25, -0.2) is 9.97 Å². The zero-order valence-electron chi connectivity index (χ0n) is 15.1. The van der Waals surface area contributed by atoms with Gasteiger partial charge in [0.15, 0.2) is 0 Å². The number of amides is 1. The van der Waals surface area contributed by atoms with Crippen molar-refractivity contribution in [3.05, 3.63) is 36.9 Å². The third-order valence-electron chi connectivity index (χ3n) is 4.18. The minimum absolute atomic E-state index is 0.00584. The van der Waals surface area contributed by atoms with Crippen LogP contribution < -0.4 is 10.1 Å². The first-order valence-electron chi connectivity index (χ1n) is 8.96. The largest absolute Gasteiger partial charge is 0.489 e. The highest BCUT2D eigenvalue weighted by atomic mass is 32.2. The van der Waals surface area contributed by atoms with Crippen molar-refractivity contribution in [3.63, 3.8) is 0 Å². The fourth-order valence-corrected chi connectivity index (χ4v) is 4.23. The van der Waals surface area contributed by atoms with E-state index in [0.29, 0.717) is 16.8 Å². The lowest BCUT2D eigenvalue weighted by Gasteiger charge is -2.27. The van der Waals surface area contributed by atoms with E-state index in [4.69, 9.17) is 4.74 Å². The molecule has 2 atom stereocenters. The summed E-state index contributed by atoms with van der Waals surface area (Å²) in [5, 5.41) is 4.25. The molecule has 1 amide bonds. The molecule has 26 heavy (non-hydrogen) atoms. The Bertz CT molecular complexity index is 709. The average molecular weight is 372 g/mol. The number of hydrogen-bond acceptors (Lipinski definition) is 6. The van der Waals surface area contributed by atoms with Gasteiger partial charge in [0.25, 0.3) is 0 Å². The minimum atomic E-state index is 0.00584. The molecule has 2 aromatic heterocycles. The van der Waals surface area contributed by atoms with Crippen molar-refractivity contribution in [2.45, 2.75) is 55.9 Å². The maximum atomic E-state index is 12.6. The van der Waals surface area contributed by atoms with Crippen molar-refractivity contribution < 1.29 is 9.53 Å². The molecule has 0 saturated heterocycles. The van der Waals surface area contributed by atoms with Gasteiger partial charge in [-0.15, -0.1) is 11.8 Å². The molecule has 7 heteroatoms. The molecule has 0 spiro atoms. The Morgan fingerprint density at radius 1 is 1.23 bits per heavy atom. The second-order valence-corrected chi connectivity index (χ2v) is 8.00. The van der Waals surface area contributed by atoms with Gasteiger partial charge < -0.3 is 10.1 Å². The van der Waals surface area contributed by atoms with Crippen LogP contribution in [0.2, 0.25) is 0 Å². The fourth-order valence-electron chi connectivity index (χ4n) is 3.03. The zero-order chi connectivity index (χ0) is 18.4. The number of nitrogens with one attached hydrogen (secondary N) is 1. The zero-order valence-corrected chi connectivity index (χ0v) is 15.9. The van der Waals surface area contributed by atoms with Crippen molar-refractivity contribution in [2.24, 2.45) is 5.92 Å². The predicted molar refractivity (Wildman–Crippen MR) is 102 cm³/mol. The first-order valence-corrected chi connectivity index (χ1v) is 9.84. The van der Waals surface area contributed by atoms with E-state index in [2.05, 4.69) is 20.3 Å². The van der Waals surface area contributed by atoms with E-state index < -0.39 is 0 Å². The van der Waals surface area contributed by atoms with Gasteiger partial charge in [0, 0.05) is 23.6 Å². The summed E-state index contributed by atoms with van der Waals surface area (Å²) in [7, 11) is 0. The number of carbonyl (C=O) groups excluding carboxylic acids is 1. The number of carbonyl (C=O) groups is 1. The van der Waals surface area contributed by atoms with Crippen molar-refractivity contribution in [1.82, 2.24) is 15.0 Å². The second-order valence-electron chi connectivity index (χ2n) is 6.68. The topological polar surface area (TPSA) is 77.0 Å². The number of aromatic nitrogens is 3. The standard InChI is InChI=1S/C19H24N4O2S/c1-13(2)25-15-6-7-17(22-11-15)23-19(24)14-4-3-5-16(10-14)26-18-12-20-8-9-21-18/h6-9,11-14,16H,3-5,10H2,1-2H3,(H,22,23,24). The summed E-state index contributed by atoms with van der Waals surface area (Å²) >= 11 is 1.71. The number of anilines is 1. The molecule has 2 unspecified atom stereocenters. The quantitative estimate of drug-likeness (QED) is 0.827. The van der Waals surface area contributed by atoms with Crippen molar-refractivity contribution in [1.29, 1.82) is 0 Å². The van der Waals surface area contributed by atoms with E-state index in [1.54, 1.807) is 42.6 Å². The Morgan fingerprint density at radius 3 is 2.81 bits per heavy atom. The van der Waals surface area contributed by atoms with Gasteiger partial charge in [-0.3, -0.25) is 9.78 Å². The Balaban J connectivity index is 1.54. The Hall–Kier alpha value is -2.15. The number of pyridine rings is 1. The summed E-state index contributed by atoms with van der Waals surface area (Å²) in [4.78, 5) is 25.3. The van der Waals surface area contributed by atoms with Gasteiger partial charge in [0.05, 0.1) is 18.5 Å². The monoisotopic (exact) mass is 372 g/mol. The lowest BCUT2D eigenvalue weighted by Crippen LogP contribution is -2.29. The van der Waals surface area contributed by atoms with E-state index in [-0.39, 0.29) is 17.9 Å². The number of thioether (sulfide) groups is 1. The summed E-state index contributed by atoms with van der Waals surface area (Å²) in [5.74, 6) is 1.32. The van der Waals surface area contributed by atoms with Gasteiger partial charge in [0.1, 0.15) is 16.6 Å². The molecule has 0 aromatic carbocycles. The van der Waals surface area contributed by atoms with Crippen LogP contribution in [0.3, 0.4) is 0 Å².